The van der Waals surface area contributed by atoms with E-state index in [1.807, 2.05) is 18.3 Å². The largest absolute Gasteiger partial charge is 0.387 e. The molecule has 2 aromatic heterocycles. The number of H-pyrrole nitrogens is 1. The Kier molecular flexibility index (Phi) is 2.11. The number of hydrogen-bond donors (Lipinski definition) is 2. The molecular formula is C11H12N2OS. The van der Waals surface area contributed by atoms with Crippen LogP contribution in [0.15, 0.2) is 18.3 Å². The summed E-state index contributed by atoms with van der Waals surface area (Å²) in [5.41, 5.74) is 1.94. The first-order chi connectivity index (χ1) is 7.34. The van der Waals surface area contributed by atoms with Crippen molar-refractivity contribution in [3.05, 3.63) is 28.9 Å². The number of aliphatic hydroxyl groups excluding tert-OH is 1. The van der Waals surface area contributed by atoms with Gasteiger partial charge in [-0.15, -0.1) is 11.3 Å². The molecule has 3 nitrogen and oxygen atoms in total. The van der Waals surface area contributed by atoms with Crippen molar-refractivity contribution in [3.63, 3.8) is 0 Å². The van der Waals surface area contributed by atoms with Gasteiger partial charge >= 0.3 is 0 Å². The second kappa shape index (κ2) is 3.47. The highest BCUT2D eigenvalue weighted by Crippen LogP contribution is 2.36. The van der Waals surface area contributed by atoms with Crippen molar-refractivity contribution >= 4 is 11.3 Å². The zero-order valence-corrected chi connectivity index (χ0v) is 9.05. The maximum absolute atomic E-state index is 9.81. The smallest absolute Gasteiger partial charge is 0.140 e. The van der Waals surface area contributed by atoms with Crippen LogP contribution in [0.2, 0.25) is 0 Å². The Morgan fingerprint density at radius 3 is 3.20 bits per heavy atom. The Morgan fingerprint density at radius 1 is 1.53 bits per heavy atom. The van der Waals surface area contributed by atoms with Gasteiger partial charge in [0.05, 0.1) is 17.5 Å². The van der Waals surface area contributed by atoms with Crippen molar-refractivity contribution < 1.29 is 5.11 Å². The van der Waals surface area contributed by atoms with E-state index in [0.29, 0.717) is 0 Å². The third kappa shape index (κ3) is 1.50. The number of rotatable bonds is 1. The first kappa shape index (κ1) is 9.12. The van der Waals surface area contributed by atoms with E-state index >= 15 is 0 Å². The predicted octanol–water partition coefficient (Wildman–Crippen LogP) is 2.51. The second-order valence-electron chi connectivity index (χ2n) is 3.82. The minimum absolute atomic E-state index is 0.353. The van der Waals surface area contributed by atoms with Gasteiger partial charge in [0.25, 0.3) is 0 Å². The van der Waals surface area contributed by atoms with Crippen molar-refractivity contribution in [2.24, 2.45) is 0 Å². The molecule has 3 rings (SSSR count). The van der Waals surface area contributed by atoms with E-state index in [1.54, 1.807) is 11.3 Å². The van der Waals surface area contributed by atoms with E-state index in [1.165, 1.54) is 4.88 Å². The van der Waals surface area contributed by atoms with Gasteiger partial charge in [0.1, 0.15) is 5.01 Å². The predicted molar refractivity (Wildman–Crippen MR) is 59.8 cm³/mol. The minimum Gasteiger partial charge on any atom is -0.387 e. The highest BCUT2D eigenvalue weighted by atomic mass is 32.1. The van der Waals surface area contributed by atoms with E-state index in [9.17, 15) is 5.11 Å². The average molecular weight is 220 g/mol. The van der Waals surface area contributed by atoms with Crippen LogP contribution in [0.5, 0.6) is 0 Å². The Balaban J connectivity index is 2.06. The van der Waals surface area contributed by atoms with E-state index < -0.39 is 0 Å². The summed E-state index contributed by atoms with van der Waals surface area (Å²) >= 11 is 1.69. The van der Waals surface area contributed by atoms with E-state index in [2.05, 4.69) is 9.97 Å². The molecule has 0 spiro atoms. The summed E-state index contributed by atoms with van der Waals surface area (Å²) in [6, 6.07) is 3.98. The van der Waals surface area contributed by atoms with Crippen molar-refractivity contribution in [2.75, 3.05) is 0 Å². The highest BCUT2D eigenvalue weighted by molar-refractivity contribution is 7.15. The quantitative estimate of drug-likeness (QED) is 0.775. The lowest BCUT2D eigenvalue weighted by Crippen LogP contribution is -2.07. The van der Waals surface area contributed by atoms with Crippen molar-refractivity contribution in [3.8, 4) is 10.7 Å². The zero-order chi connectivity index (χ0) is 10.3. The summed E-state index contributed by atoms with van der Waals surface area (Å²) in [6.45, 7) is 0. The number of aryl methyl sites for hydroxylation is 1. The van der Waals surface area contributed by atoms with Crippen LogP contribution >= 0.6 is 11.3 Å². The summed E-state index contributed by atoms with van der Waals surface area (Å²) in [4.78, 5) is 8.90. The number of nitrogens with one attached hydrogen (secondary N) is 1. The maximum atomic E-state index is 9.81. The van der Waals surface area contributed by atoms with E-state index in [4.69, 9.17) is 0 Å². The van der Waals surface area contributed by atoms with Gasteiger partial charge in [-0.25, -0.2) is 4.98 Å². The topological polar surface area (TPSA) is 48.9 Å². The lowest BCUT2D eigenvalue weighted by molar-refractivity contribution is 0.153. The molecule has 78 valence electrons. The van der Waals surface area contributed by atoms with Crippen LogP contribution in [0, 0.1) is 0 Å². The summed E-state index contributed by atoms with van der Waals surface area (Å²) in [6.07, 6.45) is 4.52. The molecule has 15 heavy (non-hydrogen) atoms. The minimum atomic E-state index is -0.353. The summed E-state index contributed by atoms with van der Waals surface area (Å²) < 4.78 is 0. The number of hydrogen-bond acceptors (Lipinski definition) is 3. The monoisotopic (exact) mass is 220 g/mol. The maximum Gasteiger partial charge on any atom is 0.140 e. The Labute approximate surface area is 91.8 Å². The lowest BCUT2D eigenvalue weighted by atomic mass is 10.0. The number of fused-ring (bicyclic) bond motifs is 1. The second-order valence-corrected chi connectivity index (χ2v) is 4.90. The third-order valence-electron chi connectivity index (χ3n) is 2.75. The summed E-state index contributed by atoms with van der Waals surface area (Å²) in [7, 11) is 0. The first-order valence-corrected chi connectivity index (χ1v) is 5.97. The van der Waals surface area contributed by atoms with Gasteiger partial charge in [-0.1, -0.05) is 0 Å². The van der Waals surface area contributed by atoms with Crippen LogP contribution in [-0.4, -0.2) is 15.1 Å². The highest BCUT2D eigenvalue weighted by Gasteiger charge is 2.23. The van der Waals surface area contributed by atoms with Crippen LogP contribution in [0.3, 0.4) is 0 Å². The van der Waals surface area contributed by atoms with Crippen molar-refractivity contribution in [1.82, 2.24) is 9.97 Å². The van der Waals surface area contributed by atoms with Crippen molar-refractivity contribution in [1.29, 1.82) is 0 Å². The molecular weight excluding hydrogens is 208 g/mol. The normalized spacial score (nSPS) is 20.2. The molecule has 4 heteroatoms. The van der Waals surface area contributed by atoms with Gasteiger partial charge in [0.15, 0.2) is 0 Å². The molecule has 0 fully saturated rings. The van der Waals surface area contributed by atoms with Crippen molar-refractivity contribution in [2.45, 2.75) is 25.4 Å². The molecule has 1 aliphatic rings. The Hall–Kier alpha value is -1.13. The number of aromatic amines is 1. The van der Waals surface area contributed by atoms with Gasteiger partial charge in [-0.05, 0) is 31.4 Å². The summed E-state index contributed by atoms with van der Waals surface area (Å²) in [5.74, 6) is 0. The fourth-order valence-electron chi connectivity index (χ4n) is 1.97. The number of aromatic nitrogens is 2. The van der Waals surface area contributed by atoms with Gasteiger partial charge in [0.2, 0.25) is 0 Å². The van der Waals surface area contributed by atoms with Gasteiger partial charge in [-0.3, -0.25) is 0 Å². The van der Waals surface area contributed by atoms with E-state index in [0.717, 1.165) is 35.7 Å². The number of thiazole rings is 1. The van der Waals surface area contributed by atoms with Crippen LogP contribution in [0.25, 0.3) is 10.7 Å². The van der Waals surface area contributed by atoms with Gasteiger partial charge in [0, 0.05) is 11.1 Å². The number of aliphatic hydroxyl groups is 1. The van der Waals surface area contributed by atoms with Gasteiger partial charge < -0.3 is 10.1 Å². The van der Waals surface area contributed by atoms with Crippen LogP contribution in [0.1, 0.15) is 29.5 Å². The molecule has 1 atom stereocenters. The standard InChI is InChI=1S/C11H12N2OS/c14-8-4-1-5-9-10(8)13-11(15-9)7-3-2-6-12-7/h2-3,6,8,12,14H,1,4-5H2. The molecule has 2 heterocycles. The molecule has 0 aromatic carbocycles. The molecule has 0 radical (unpaired) electrons. The molecule has 0 bridgehead atoms. The number of nitrogens with zero attached hydrogens (tertiary/aromatic N) is 1. The fraction of sp³-hybridized carbons (Fsp3) is 0.364. The molecule has 1 unspecified atom stereocenters. The molecule has 1 aliphatic carbocycles. The molecule has 0 saturated heterocycles. The molecule has 2 aromatic rings. The third-order valence-corrected chi connectivity index (χ3v) is 3.92. The first-order valence-electron chi connectivity index (χ1n) is 5.16. The lowest BCUT2D eigenvalue weighted by Gasteiger charge is -2.14. The molecule has 2 N–H and O–H groups in total. The molecule has 0 amide bonds. The summed E-state index contributed by atoms with van der Waals surface area (Å²) in [5, 5.41) is 10.8. The average Bonchev–Trinajstić information content (AvgIpc) is 2.86. The van der Waals surface area contributed by atoms with Crippen LogP contribution < -0.4 is 0 Å². The van der Waals surface area contributed by atoms with E-state index in [-0.39, 0.29) is 6.10 Å². The Morgan fingerprint density at radius 2 is 2.47 bits per heavy atom. The van der Waals surface area contributed by atoms with Gasteiger partial charge in [-0.2, -0.15) is 0 Å². The van der Waals surface area contributed by atoms with Crippen LogP contribution in [-0.2, 0) is 6.42 Å². The zero-order valence-electron chi connectivity index (χ0n) is 8.23. The molecule has 0 saturated carbocycles. The molecule has 0 aliphatic heterocycles. The SMILES string of the molecule is OC1CCCc2sc(-c3ccc[nH]3)nc21. The fourth-order valence-corrected chi connectivity index (χ4v) is 3.12. The van der Waals surface area contributed by atoms with Crippen LogP contribution in [0.4, 0.5) is 0 Å². The Bertz CT molecular complexity index is 461.